The van der Waals surface area contributed by atoms with E-state index in [2.05, 4.69) is 10.5 Å². The number of carbonyl (C=O) groups is 2. The van der Waals surface area contributed by atoms with E-state index in [-0.39, 0.29) is 18.3 Å². The van der Waals surface area contributed by atoms with E-state index in [9.17, 15) is 14.4 Å². The maximum Gasteiger partial charge on any atom is 0.336 e. The van der Waals surface area contributed by atoms with Crippen molar-refractivity contribution in [2.24, 2.45) is 5.10 Å². The molecule has 0 spiro atoms. The molecule has 9 heteroatoms. The number of hydrogen-bond acceptors (Lipinski definition) is 7. The van der Waals surface area contributed by atoms with Gasteiger partial charge in [0.15, 0.2) is 11.8 Å². The van der Waals surface area contributed by atoms with Crippen molar-refractivity contribution < 1.29 is 18.7 Å². The molecule has 31 heavy (non-hydrogen) atoms. The Hall–Kier alpha value is -3.59. The molecule has 1 N–H and O–H groups in total. The van der Waals surface area contributed by atoms with E-state index in [0.29, 0.717) is 22.2 Å². The van der Waals surface area contributed by atoms with Crippen LogP contribution in [-0.2, 0) is 9.59 Å². The second-order valence-corrected chi connectivity index (χ2v) is 7.92. The van der Waals surface area contributed by atoms with E-state index >= 15 is 0 Å². The third-order valence-corrected chi connectivity index (χ3v) is 5.55. The Labute approximate surface area is 181 Å². The predicted octanol–water partition coefficient (Wildman–Crippen LogP) is 2.96. The standard InChI is InChI=1S/C22H19N3O5S/c1-13-3-5-15(6-4-13)25-20(27)12-31-22(25)24-23-19(26)11-29-16-7-8-17-14(2)9-21(28)30-18(17)10-16/h3-10H,11-12H2,1-2H3,(H,23,26)/b24-22-. The highest BCUT2D eigenvalue weighted by molar-refractivity contribution is 8.15. The summed E-state index contributed by atoms with van der Waals surface area (Å²) in [5.74, 6) is 0.0461. The average Bonchev–Trinajstić information content (AvgIpc) is 3.11. The van der Waals surface area contributed by atoms with Crippen LogP contribution in [0.1, 0.15) is 11.1 Å². The Morgan fingerprint density at radius 3 is 2.71 bits per heavy atom. The van der Waals surface area contributed by atoms with Crippen molar-refractivity contribution in [3.63, 3.8) is 0 Å². The zero-order valence-electron chi connectivity index (χ0n) is 16.9. The van der Waals surface area contributed by atoms with Crippen LogP contribution < -0.4 is 20.7 Å². The Kier molecular flexibility index (Phi) is 5.77. The quantitative estimate of drug-likeness (QED) is 0.487. The number of anilines is 1. The van der Waals surface area contributed by atoms with Crippen LogP contribution >= 0.6 is 11.8 Å². The summed E-state index contributed by atoms with van der Waals surface area (Å²) >= 11 is 1.25. The van der Waals surface area contributed by atoms with Crippen molar-refractivity contribution in [2.45, 2.75) is 13.8 Å². The van der Waals surface area contributed by atoms with Gasteiger partial charge >= 0.3 is 5.63 Å². The minimum atomic E-state index is -0.484. The summed E-state index contributed by atoms with van der Waals surface area (Å²) in [5.41, 5.74) is 4.93. The number of ether oxygens (including phenoxy) is 1. The van der Waals surface area contributed by atoms with Crippen LogP contribution in [-0.4, -0.2) is 29.3 Å². The van der Waals surface area contributed by atoms with Crippen molar-refractivity contribution in [3.05, 3.63) is 70.1 Å². The van der Waals surface area contributed by atoms with E-state index in [1.54, 1.807) is 18.2 Å². The monoisotopic (exact) mass is 437 g/mol. The SMILES string of the molecule is Cc1ccc(N2C(=O)CS/C2=N\NC(=O)COc2ccc3c(C)cc(=O)oc3c2)cc1. The third-order valence-electron chi connectivity index (χ3n) is 4.63. The Balaban J connectivity index is 1.41. The van der Waals surface area contributed by atoms with Crippen molar-refractivity contribution >= 4 is 45.4 Å². The van der Waals surface area contributed by atoms with Gasteiger partial charge in [0.05, 0.1) is 11.4 Å². The number of hydrazone groups is 1. The van der Waals surface area contributed by atoms with Gasteiger partial charge in [-0.1, -0.05) is 29.5 Å². The lowest BCUT2D eigenvalue weighted by atomic mass is 10.1. The summed E-state index contributed by atoms with van der Waals surface area (Å²) in [5, 5.41) is 5.27. The minimum Gasteiger partial charge on any atom is -0.484 e. The number of aryl methyl sites for hydroxylation is 2. The van der Waals surface area contributed by atoms with Crippen molar-refractivity contribution in [1.82, 2.24) is 5.43 Å². The molecule has 2 aromatic carbocycles. The Bertz CT molecular complexity index is 1250. The first-order valence-electron chi connectivity index (χ1n) is 9.47. The van der Waals surface area contributed by atoms with Gasteiger partial charge in [0.1, 0.15) is 11.3 Å². The fraction of sp³-hybridized carbons (Fsp3) is 0.182. The number of fused-ring (bicyclic) bond motifs is 1. The first-order chi connectivity index (χ1) is 14.9. The Morgan fingerprint density at radius 1 is 1.16 bits per heavy atom. The van der Waals surface area contributed by atoms with Gasteiger partial charge in [-0.2, -0.15) is 0 Å². The zero-order chi connectivity index (χ0) is 22.0. The lowest BCUT2D eigenvalue weighted by molar-refractivity contribution is -0.123. The molecule has 2 heterocycles. The van der Waals surface area contributed by atoms with Crippen molar-refractivity contribution in [3.8, 4) is 5.75 Å². The van der Waals surface area contributed by atoms with Gasteiger partial charge in [0, 0.05) is 17.5 Å². The molecule has 0 aliphatic carbocycles. The maximum atomic E-state index is 12.2. The van der Waals surface area contributed by atoms with Crippen LogP contribution in [0.4, 0.5) is 5.69 Å². The van der Waals surface area contributed by atoms with Crippen molar-refractivity contribution in [1.29, 1.82) is 0 Å². The molecule has 0 atom stereocenters. The van der Waals surface area contributed by atoms with E-state index in [1.165, 1.54) is 22.7 Å². The van der Waals surface area contributed by atoms with Crippen LogP contribution in [0.3, 0.4) is 0 Å². The first kappa shape index (κ1) is 20.7. The maximum absolute atomic E-state index is 12.2. The highest BCUT2D eigenvalue weighted by Gasteiger charge is 2.30. The predicted molar refractivity (Wildman–Crippen MR) is 119 cm³/mol. The smallest absolute Gasteiger partial charge is 0.336 e. The van der Waals surface area contributed by atoms with Crippen LogP contribution in [0, 0.1) is 13.8 Å². The number of hydrogen-bond donors (Lipinski definition) is 1. The molecule has 0 unspecified atom stereocenters. The first-order valence-corrected chi connectivity index (χ1v) is 10.5. The zero-order valence-corrected chi connectivity index (χ0v) is 17.7. The average molecular weight is 437 g/mol. The van der Waals surface area contributed by atoms with Gasteiger partial charge in [-0.05, 0) is 43.7 Å². The van der Waals surface area contributed by atoms with Crippen molar-refractivity contribution in [2.75, 3.05) is 17.3 Å². The number of nitrogens with one attached hydrogen (secondary N) is 1. The number of benzene rings is 2. The summed E-state index contributed by atoms with van der Waals surface area (Å²) in [7, 11) is 0. The number of carbonyl (C=O) groups excluding carboxylic acids is 2. The molecule has 1 aliphatic heterocycles. The highest BCUT2D eigenvalue weighted by Crippen LogP contribution is 2.26. The minimum absolute atomic E-state index is 0.106. The molecule has 1 saturated heterocycles. The summed E-state index contributed by atoms with van der Waals surface area (Å²) in [6.07, 6.45) is 0. The van der Waals surface area contributed by atoms with Crippen LogP contribution in [0.5, 0.6) is 5.75 Å². The van der Waals surface area contributed by atoms with E-state index in [0.717, 1.165) is 16.5 Å². The number of amides is 2. The van der Waals surface area contributed by atoms with Gasteiger partial charge < -0.3 is 9.15 Å². The molecule has 0 bridgehead atoms. The van der Waals surface area contributed by atoms with Gasteiger partial charge in [0.2, 0.25) is 5.91 Å². The normalized spacial score (nSPS) is 15.0. The van der Waals surface area contributed by atoms with Gasteiger partial charge in [-0.25, -0.2) is 10.2 Å². The summed E-state index contributed by atoms with van der Waals surface area (Å²) in [6, 6.07) is 13.9. The fourth-order valence-electron chi connectivity index (χ4n) is 3.08. The molecule has 1 aromatic heterocycles. The van der Waals surface area contributed by atoms with E-state index in [4.69, 9.17) is 9.15 Å². The largest absolute Gasteiger partial charge is 0.484 e. The fourth-order valence-corrected chi connectivity index (χ4v) is 3.91. The number of nitrogens with zero attached hydrogens (tertiary/aromatic N) is 2. The molecule has 158 valence electrons. The van der Waals surface area contributed by atoms with E-state index < -0.39 is 11.5 Å². The highest BCUT2D eigenvalue weighted by atomic mass is 32.2. The van der Waals surface area contributed by atoms with Crippen LogP contribution in [0.15, 0.2) is 62.8 Å². The summed E-state index contributed by atoms with van der Waals surface area (Å²) < 4.78 is 10.7. The molecule has 3 aromatic rings. The Morgan fingerprint density at radius 2 is 1.94 bits per heavy atom. The lowest BCUT2D eigenvalue weighted by Gasteiger charge is -2.16. The summed E-state index contributed by atoms with van der Waals surface area (Å²) in [4.78, 5) is 37.4. The second kappa shape index (κ2) is 8.65. The molecular formula is C22H19N3O5S. The van der Waals surface area contributed by atoms with Crippen LogP contribution in [0.2, 0.25) is 0 Å². The lowest BCUT2D eigenvalue weighted by Crippen LogP contribution is -2.32. The van der Waals surface area contributed by atoms with E-state index in [1.807, 2.05) is 38.1 Å². The number of amidine groups is 1. The molecular weight excluding hydrogens is 418 g/mol. The molecule has 0 radical (unpaired) electrons. The van der Waals surface area contributed by atoms with Gasteiger partial charge in [0.25, 0.3) is 5.91 Å². The second-order valence-electron chi connectivity index (χ2n) is 6.98. The topological polar surface area (TPSA) is 101 Å². The molecule has 1 aliphatic rings. The molecule has 0 saturated carbocycles. The molecule has 8 nitrogen and oxygen atoms in total. The summed E-state index contributed by atoms with van der Waals surface area (Å²) in [6.45, 7) is 3.49. The van der Waals surface area contributed by atoms with Gasteiger partial charge in [-0.3, -0.25) is 14.5 Å². The van der Waals surface area contributed by atoms with Crippen LogP contribution in [0.25, 0.3) is 11.0 Å². The molecule has 2 amide bonds. The van der Waals surface area contributed by atoms with Gasteiger partial charge in [-0.15, -0.1) is 5.10 Å². The third kappa shape index (κ3) is 4.61. The molecule has 1 fully saturated rings. The number of rotatable bonds is 5. The number of thioether (sulfide) groups is 1. The molecule has 4 rings (SSSR count).